The van der Waals surface area contributed by atoms with E-state index in [1.165, 1.54) is 0 Å². The Hall–Kier alpha value is -2.96. The first-order chi connectivity index (χ1) is 45.0. The molecule has 0 radical (unpaired) electrons. The number of hydrogen-bond acceptors (Lipinski definition) is 16. The zero-order chi connectivity index (χ0) is 72.0. The summed E-state index contributed by atoms with van der Waals surface area (Å²) in [6.07, 6.45) is 16.5. The third-order valence-corrected chi connectivity index (χ3v) is 19.6. The molecule has 0 aromatic rings. The molecule has 11 unspecified atom stereocenters. The minimum Gasteiger partial charge on any atom is -0.371 e. The van der Waals surface area contributed by atoms with Gasteiger partial charge in [0.25, 0.3) is 0 Å². The van der Waals surface area contributed by atoms with E-state index in [-0.39, 0.29) is 49.6 Å². The molecule has 556 valence electrons. The van der Waals surface area contributed by atoms with E-state index >= 15 is 9.59 Å². The van der Waals surface area contributed by atoms with Crippen LogP contribution in [0.5, 0.6) is 0 Å². The van der Waals surface area contributed by atoms with Crippen molar-refractivity contribution in [3.63, 3.8) is 0 Å². The van der Waals surface area contributed by atoms with Crippen LogP contribution < -0.4 is 0 Å². The highest BCUT2D eigenvalue weighted by Gasteiger charge is 2.45. The minimum atomic E-state index is -1.52. The highest BCUT2D eigenvalue weighted by Crippen LogP contribution is 2.33. The fourth-order valence-corrected chi connectivity index (χ4v) is 11.9. The molecule has 0 saturated carbocycles. The molecular formula is C79H144O16. The Morgan fingerprint density at radius 3 is 0.958 bits per heavy atom. The number of unbranched alkanes of at least 4 members (excludes halogenated alkanes) is 8. The molecule has 0 rings (SSSR count). The van der Waals surface area contributed by atoms with E-state index in [4.69, 9.17) is 37.9 Å². The average molecular weight is 1350 g/mol. The van der Waals surface area contributed by atoms with Gasteiger partial charge in [0.2, 0.25) is 0 Å². The predicted molar refractivity (Wildman–Crippen MR) is 382 cm³/mol. The van der Waals surface area contributed by atoms with Crippen molar-refractivity contribution in [3.8, 4) is 0 Å². The van der Waals surface area contributed by atoms with Crippen LogP contribution in [0.15, 0.2) is 0 Å². The molecular weight excluding hydrogens is 1200 g/mol. The molecule has 16 nitrogen and oxygen atoms in total. The molecule has 0 bridgehead atoms. The second kappa shape index (κ2) is 53.0. The van der Waals surface area contributed by atoms with Crippen LogP contribution in [-0.2, 0) is 76.3 Å². The number of carbonyl (C=O) groups is 8. The smallest absolute Gasteiger partial charge is 0.168 e. The molecule has 0 N–H and O–H groups in total. The summed E-state index contributed by atoms with van der Waals surface area (Å²) >= 11 is 0. The lowest BCUT2D eigenvalue weighted by atomic mass is 9.73. The molecule has 0 aliphatic heterocycles. The number of Topliss-reactive ketones (excluding diaryl/α,β-unsaturated/α-hetero) is 8. The van der Waals surface area contributed by atoms with Crippen molar-refractivity contribution in [1.29, 1.82) is 0 Å². The monoisotopic (exact) mass is 1350 g/mol. The summed E-state index contributed by atoms with van der Waals surface area (Å²) in [6, 6.07) is 0. The van der Waals surface area contributed by atoms with Gasteiger partial charge in [0, 0.05) is 76.8 Å². The number of hydrogen-bond donors (Lipinski definition) is 0. The Labute approximate surface area is 579 Å². The summed E-state index contributed by atoms with van der Waals surface area (Å²) < 4.78 is 49.0. The molecule has 0 aromatic carbocycles. The Bertz CT molecular complexity index is 2100. The van der Waals surface area contributed by atoms with Crippen LogP contribution in [-0.4, -0.2) is 146 Å². The highest BCUT2D eigenvalue weighted by atomic mass is 16.5. The van der Waals surface area contributed by atoms with Gasteiger partial charge in [-0.05, 0) is 177 Å². The second-order valence-corrected chi connectivity index (χ2v) is 29.1. The normalized spacial score (nSPS) is 15.9. The fraction of sp³-hybridized carbons (Fsp3) is 0.899. The Kier molecular flexibility index (Phi) is 51.3. The van der Waals surface area contributed by atoms with Crippen LogP contribution in [0.4, 0.5) is 0 Å². The van der Waals surface area contributed by atoms with Crippen molar-refractivity contribution in [3.05, 3.63) is 0 Å². The number of carbonyl (C=O) groups excluding carboxylic acids is 8. The standard InChI is InChI=1S/C79H144O16/c1-20-40-63(24-5)54-91-58(9)69(80)44-32-28-36-48-88-60(11)71(82)52-67(75(86)62(13)90-50-37-29-33-45-70(81)59(10)92-55-64(25-6)41-21-2)68(53-72(83)61(12)89-49-38-30-34-46-73(84)77(14,15)94-56-65(26-7)42-22-3)76(87)79(18,19)93-51-39-31-35-47-74(85)78(16,17)95-57-66(27-8)43-23-4/h58-68H,20-57H2,1-19H3. The van der Waals surface area contributed by atoms with Gasteiger partial charge in [-0.2, -0.15) is 0 Å². The van der Waals surface area contributed by atoms with E-state index in [0.717, 1.165) is 77.0 Å². The van der Waals surface area contributed by atoms with E-state index in [1.54, 1.807) is 34.6 Å². The maximum absolute atomic E-state index is 15.3. The van der Waals surface area contributed by atoms with Crippen LogP contribution in [0.3, 0.4) is 0 Å². The van der Waals surface area contributed by atoms with Crippen molar-refractivity contribution >= 4 is 46.3 Å². The molecule has 0 aliphatic carbocycles. The van der Waals surface area contributed by atoms with Crippen molar-refractivity contribution in [2.24, 2.45) is 35.5 Å². The molecule has 95 heavy (non-hydrogen) atoms. The lowest BCUT2D eigenvalue weighted by molar-refractivity contribution is -0.155. The van der Waals surface area contributed by atoms with Crippen LogP contribution >= 0.6 is 0 Å². The summed E-state index contributed by atoms with van der Waals surface area (Å²) in [5, 5.41) is 0. The lowest BCUT2D eigenvalue weighted by Crippen LogP contribution is -2.48. The maximum Gasteiger partial charge on any atom is 0.168 e. The van der Waals surface area contributed by atoms with Gasteiger partial charge in [-0.25, -0.2) is 0 Å². The second-order valence-electron chi connectivity index (χ2n) is 29.1. The van der Waals surface area contributed by atoms with Crippen molar-refractivity contribution in [1.82, 2.24) is 0 Å². The van der Waals surface area contributed by atoms with E-state index in [2.05, 4.69) is 55.4 Å². The quantitative estimate of drug-likeness (QED) is 0.0518. The largest absolute Gasteiger partial charge is 0.371 e. The molecule has 0 aromatic heterocycles. The number of ether oxygens (including phenoxy) is 8. The Morgan fingerprint density at radius 2 is 0.611 bits per heavy atom. The molecule has 0 amide bonds. The van der Waals surface area contributed by atoms with Gasteiger partial charge < -0.3 is 37.9 Å². The topological polar surface area (TPSA) is 210 Å². The summed E-state index contributed by atoms with van der Waals surface area (Å²) in [6.45, 7) is 39.2. The van der Waals surface area contributed by atoms with E-state index in [9.17, 15) is 28.8 Å². The molecule has 0 spiro atoms. The van der Waals surface area contributed by atoms with Crippen LogP contribution in [0, 0.1) is 35.5 Å². The van der Waals surface area contributed by atoms with Gasteiger partial charge in [0.05, 0.1) is 26.4 Å². The van der Waals surface area contributed by atoms with Gasteiger partial charge in [-0.3, -0.25) is 38.4 Å². The van der Waals surface area contributed by atoms with Gasteiger partial charge in [0.15, 0.2) is 46.3 Å². The van der Waals surface area contributed by atoms with Crippen LogP contribution in [0.2, 0.25) is 0 Å². The zero-order valence-corrected chi connectivity index (χ0v) is 64.3. The van der Waals surface area contributed by atoms with Crippen molar-refractivity contribution < 1.29 is 76.3 Å². The number of ketones is 8. The minimum absolute atomic E-state index is 0.0298. The first-order valence-corrected chi connectivity index (χ1v) is 38.2. The third-order valence-electron chi connectivity index (χ3n) is 19.6. The summed E-state index contributed by atoms with van der Waals surface area (Å²) in [5.74, 6) is -2.62. The molecule has 16 heteroatoms. The highest BCUT2D eigenvalue weighted by molar-refractivity contribution is 6.00. The molecule has 0 saturated heterocycles. The molecule has 0 fully saturated rings. The average Bonchev–Trinajstić information content (AvgIpc) is 0.821. The molecule has 0 aliphatic rings. The number of rotatable bonds is 67. The van der Waals surface area contributed by atoms with Gasteiger partial charge in [0.1, 0.15) is 47.3 Å². The summed E-state index contributed by atoms with van der Waals surface area (Å²) in [5.41, 5.74) is -3.31. The van der Waals surface area contributed by atoms with Gasteiger partial charge in [-0.1, -0.05) is 132 Å². The van der Waals surface area contributed by atoms with Crippen LogP contribution in [0.1, 0.15) is 324 Å². The lowest BCUT2D eigenvalue weighted by Gasteiger charge is -2.34. The fourth-order valence-electron chi connectivity index (χ4n) is 11.9. The Morgan fingerprint density at radius 1 is 0.305 bits per heavy atom. The zero-order valence-electron chi connectivity index (χ0n) is 64.3. The summed E-state index contributed by atoms with van der Waals surface area (Å²) in [4.78, 5) is 112. The SMILES string of the molecule is CCCC(CC)COC(C)C(=O)CCCCCOC(C)C(=O)CC(C(=O)C(C)OCCCCCC(=O)C(C)OCC(CC)CCC)C(CC(=O)C(C)OCCCCCC(=O)C(C)(C)OCC(CC)CCC)C(=O)C(C)(C)OCCCCCC(=O)C(C)(C)OCC(CC)CCC. The molecule has 0 heterocycles. The molecule has 11 atom stereocenters. The summed E-state index contributed by atoms with van der Waals surface area (Å²) in [7, 11) is 0. The van der Waals surface area contributed by atoms with Crippen molar-refractivity contribution in [2.75, 3.05) is 52.9 Å². The van der Waals surface area contributed by atoms with Crippen molar-refractivity contribution in [2.45, 2.75) is 371 Å². The predicted octanol–water partition coefficient (Wildman–Crippen LogP) is 17.5. The van der Waals surface area contributed by atoms with E-state index in [0.29, 0.717) is 153 Å². The van der Waals surface area contributed by atoms with Gasteiger partial charge in [-0.15, -0.1) is 0 Å². The maximum atomic E-state index is 15.3. The van der Waals surface area contributed by atoms with E-state index in [1.807, 2.05) is 41.5 Å². The first-order valence-electron chi connectivity index (χ1n) is 38.2. The van der Waals surface area contributed by atoms with Crippen LogP contribution in [0.25, 0.3) is 0 Å². The van der Waals surface area contributed by atoms with Gasteiger partial charge >= 0.3 is 0 Å². The Balaban J connectivity index is 6.67. The third kappa shape index (κ3) is 40.2. The van der Waals surface area contributed by atoms with E-state index < -0.39 is 95.1 Å². The first kappa shape index (κ1) is 92.0.